The molecule has 1 N–H and O–H groups in total. The number of nitrogens with one attached hydrogen (secondary N) is 1. The second-order valence-corrected chi connectivity index (χ2v) is 4.91. The molecule has 0 saturated heterocycles. The Bertz CT molecular complexity index is 358. The Morgan fingerprint density at radius 2 is 2.05 bits per heavy atom. The standard InChI is InChI=1S/C15H24ClNO2/c1-3-4-5-9-19-15-7-6-14(16)11-13(15)12-17-8-10-18-2/h6-7,11,17H,3-5,8-10,12H2,1-2H3. The lowest BCUT2D eigenvalue weighted by Crippen LogP contribution is -2.19. The molecule has 0 spiro atoms. The van der Waals surface area contributed by atoms with Crippen LogP contribution in [0.5, 0.6) is 5.75 Å². The summed E-state index contributed by atoms with van der Waals surface area (Å²) in [6, 6.07) is 5.77. The zero-order valence-electron chi connectivity index (χ0n) is 11.9. The molecule has 0 saturated carbocycles. The summed E-state index contributed by atoms with van der Waals surface area (Å²) < 4.78 is 10.8. The summed E-state index contributed by atoms with van der Waals surface area (Å²) in [5.74, 6) is 0.922. The summed E-state index contributed by atoms with van der Waals surface area (Å²) in [7, 11) is 1.70. The van der Waals surface area contributed by atoms with Gasteiger partial charge in [0.25, 0.3) is 0 Å². The highest BCUT2D eigenvalue weighted by molar-refractivity contribution is 6.30. The molecule has 0 aliphatic carbocycles. The fourth-order valence-corrected chi connectivity index (χ4v) is 1.95. The molecule has 0 radical (unpaired) electrons. The molecule has 108 valence electrons. The van der Waals surface area contributed by atoms with Gasteiger partial charge in [0, 0.05) is 30.8 Å². The first-order chi connectivity index (χ1) is 9.27. The predicted molar refractivity (Wildman–Crippen MR) is 80.1 cm³/mol. The fraction of sp³-hybridized carbons (Fsp3) is 0.600. The highest BCUT2D eigenvalue weighted by Gasteiger charge is 2.04. The van der Waals surface area contributed by atoms with Crippen LogP contribution in [-0.2, 0) is 11.3 Å². The summed E-state index contributed by atoms with van der Waals surface area (Å²) >= 11 is 6.03. The van der Waals surface area contributed by atoms with E-state index in [1.807, 2.05) is 18.2 Å². The van der Waals surface area contributed by atoms with Crippen LogP contribution in [0.4, 0.5) is 0 Å². The van der Waals surface area contributed by atoms with E-state index in [9.17, 15) is 0 Å². The maximum absolute atomic E-state index is 6.03. The van der Waals surface area contributed by atoms with Crippen molar-refractivity contribution in [1.82, 2.24) is 5.32 Å². The summed E-state index contributed by atoms with van der Waals surface area (Å²) in [5.41, 5.74) is 1.10. The first kappa shape index (κ1) is 16.3. The minimum Gasteiger partial charge on any atom is -0.493 e. The number of halogens is 1. The van der Waals surface area contributed by atoms with E-state index in [0.717, 1.165) is 42.5 Å². The van der Waals surface area contributed by atoms with Crippen LogP contribution in [0.15, 0.2) is 18.2 Å². The van der Waals surface area contributed by atoms with Crippen molar-refractivity contribution >= 4 is 11.6 Å². The fourth-order valence-electron chi connectivity index (χ4n) is 1.76. The van der Waals surface area contributed by atoms with Crippen molar-refractivity contribution in [2.45, 2.75) is 32.7 Å². The molecule has 0 atom stereocenters. The number of rotatable bonds is 10. The van der Waals surface area contributed by atoms with Crippen LogP contribution in [0.2, 0.25) is 5.02 Å². The highest BCUT2D eigenvalue weighted by atomic mass is 35.5. The van der Waals surface area contributed by atoms with Gasteiger partial charge in [0.05, 0.1) is 13.2 Å². The van der Waals surface area contributed by atoms with Gasteiger partial charge in [-0.05, 0) is 24.6 Å². The van der Waals surface area contributed by atoms with Crippen LogP contribution in [0.1, 0.15) is 31.7 Å². The predicted octanol–water partition coefficient (Wildman–Crippen LogP) is 3.65. The van der Waals surface area contributed by atoms with Crippen LogP contribution < -0.4 is 10.1 Å². The Balaban J connectivity index is 2.48. The van der Waals surface area contributed by atoms with Gasteiger partial charge in [-0.1, -0.05) is 31.4 Å². The zero-order valence-corrected chi connectivity index (χ0v) is 12.6. The lowest BCUT2D eigenvalue weighted by Gasteiger charge is -2.12. The lowest BCUT2D eigenvalue weighted by atomic mass is 10.2. The quantitative estimate of drug-likeness (QED) is 0.666. The first-order valence-corrected chi connectivity index (χ1v) is 7.26. The third-order valence-corrected chi connectivity index (χ3v) is 3.06. The minimum absolute atomic E-state index is 0.702. The number of hydrogen-bond acceptors (Lipinski definition) is 3. The molecule has 1 rings (SSSR count). The number of methoxy groups -OCH3 is 1. The van der Waals surface area contributed by atoms with E-state index < -0.39 is 0 Å². The Labute approximate surface area is 121 Å². The van der Waals surface area contributed by atoms with Gasteiger partial charge in [0.2, 0.25) is 0 Å². The van der Waals surface area contributed by atoms with Crippen molar-refractivity contribution in [2.24, 2.45) is 0 Å². The van der Waals surface area contributed by atoms with Crippen LogP contribution in [0.25, 0.3) is 0 Å². The van der Waals surface area contributed by atoms with Crippen LogP contribution in [0, 0.1) is 0 Å². The van der Waals surface area contributed by atoms with E-state index in [4.69, 9.17) is 21.1 Å². The molecule has 0 aromatic heterocycles. The largest absolute Gasteiger partial charge is 0.493 e. The lowest BCUT2D eigenvalue weighted by molar-refractivity contribution is 0.199. The van der Waals surface area contributed by atoms with Gasteiger partial charge in [-0.2, -0.15) is 0 Å². The van der Waals surface area contributed by atoms with Gasteiger partial charge in [-0.3, -0.25) is 0 Å². The molecule has 0 amide bonds. The zero-order chi connectivity index (χ0) is 13.9. The second-order valence-electron chi connectivity index (χ2n) is 4.48. The summed E-state index contributed by atoms with van der Waals surface area (Å²) in [4.78, 5) is 0. The Morgan fingerprint density at radius 1 is 1.21 bits per heavy atom. The van der Waals surface area contributed by atoms with Crippen LogP contribution in [-0.4, -0.2) is 26.9 Å². The van der Waals surface area contributed by atoms with Crippen molar-refractivity contribution in [3.05, 3.63) is 28.8 Å². The van der Waals surface area contributed by atoms with E-state index in [0.29, 0.717) is 6.61 Å². The van der Waals surface area contributed by atoms with Crippen LogP contribution in [0.3, 0.4) is 0 Å². The minimum atomic E-state index is 0.702. The van der Waals surface area contributed by atoms with E-state index >= 15 is 0 Å². The highest BCUT2D eigenvalue weighted by Crippen LogP contribution is 2.23. The Hall–Kier alpha value is -0.770. The maximum atomic E-state index is 6.03. The number of unbranched alkanes of at least 4 members (excludes halogenated alkanes) is 2. The molecule has 0 aliphatic heterocycles. The molecular weight excluding hydrogens is 262 g/mol. The molecule has 0 bridgehead atoms. The third kappa shape index (κ3) is 6.81. The van der Waals surface area contributed by atoms with Gasteiger partial charge in [0.1, 0.15) is 5.75 Å². The summed E-state index contributed by atoms with van der Waals surface area (Å²) in [5, 5.41) is 4.05. The molecule has 3 nitrogen and oxygen atoms in total. The molecule has 0 aliphatic rings. The normalized spacial score (nSPS) is 10.7. The smallest absolute Gasteiger partial charge is 0.123 e. The first-order valence-electron chi connectivity index (χ1n) is 6.88. The van der Waals surface area contributed by atoms with Gasteiger partial charge in [-0.15, -0.1) is 0 Å². The molecule has 1 aromatic carbocycles. The Kier molecular flexibility index (Phi) is 8.63. The van der Waals surface area contributed by atoms with Crippen LogP contribution >= 0.6 is 11.6 Å². The van der Waals surface area contributed by atoms with Crippen molar-refractivity contribution in [1.29, 1.82) is 0 Å². The van der Waals surface area contributed by atoms with Crippen molar-refractivity contribution in [3.63, 3.8) is 0 Å². The average molecular weight is 286 g/mol. The molecule has 1 aromatic rings. The van der Waals surface area contributed by atoms with Gasteiger partial charge >= 0.3 is 0 Å². The van der Waals surface area contributed by atoms with Crippen molar-refractivity contribution < 1.29 is 9.47 Å². The monoisotopic (exact) mass is 285 g/mol. The molecular formula is C15H24ClNO2. The Morgan fingerprint density at radius 3 is 2.79 bits per heavy atom. The SMILES string of the molecule is CCCCCOc1ccc(Cl)cc1CNCCOC. The molecule has 0 fully saturated rings. The molecule has 0 heterocycles. The summed E-state index contributed by atoms with van der Waals surface area (Å²) in [6.45, 7) is 5.21. The van der Waals surface area contributed by atoms with E-state index in [1.54, 1.807) is 7.11 Å². The van der Waals surface area contributed by atoms with Gasteiger partial charge in [0.15, 0.2) is 0 Å². The second kappa shape index (κ2) is 10.1. The van der Waals surface area contributed by atoms with Gasteiger partial charge < -0.3 is 14.8 Å². The molecule has 19 heavy (non-hydrogen) atoms. The van der Waals surface area contributed by atoms with E-state index in [2.05, 4.69) is 12.2 Å². The number of hydrogen-bond donors (Lipinski definition) is 1. The topological polar surface area (TPSA) is 30.5 Å². The molecule has 0 unspecified atom stereocenters. The van der Waals surface area contributed by atoms with Crippen molar-refractivity contribution in [3.8, 4) is 5.75 Å². The van der Waals surface area contributed by atoms with E-state index in [-0.39, 0.29) is 0 Å². The maximum Gasteiger partial charge on any atom is 0.123 e. The summed E-state index contributed by atoms with van der Waals surface area (Å²) in [6.07, 6.45) is 3.50. The number of ether oxygens (including phenoxy) is 2. The van der Waals surface area contributed by atoms with E-state index in [1.165, 1.54) is 12.8 Å². The average Bonchev–Trinajstić information content (AvgIpc) is 2.41. The number of benzene rings is 1. The van der Waals surface area contributed by atoms with Crippen molar-refractivity contribution in [2.75, 3.05) is 26.9 Å². The molecule has 4 heteroatoms. The van der Waals surface area contributed by atoms with Gasteiger partial charge in [-0.25, -0.2) is 0 Å². The third-order valence-electron chi connectivity index (χ3n) is 2.83.